The number of benzene rings is 2. The second-order valence-corrected chi connectivity index (χ2v) is 6.38. The Hall–Kier alpha value is -3.34. The van der Waals surface area contributed by atoms with Crippen LogP contribution < -0.4 is 14.8 Å². The number of ether oxygens (including phenoxy) is 2. The van der Waals surface area contributed by atoms with Crippen LogP contribution in [-0.4, -0.2) is 24.1 Å². The summed E-state index contributed by atoms with van der Waals surface area (Å²) in [7, 11) is 0. The van der Waals surface area contributed by atoms with Crippen LogP contribution in [0.25, 0.3) is 0 Å². The van der Waals surface area contributed by atoms with Gasteiger partial charge in [0.2, 0.25) is 5.91 Å². The van der Waals surface area contributed by atoms with Crippen molar-refractivity contribution in [3.05, 3.63) is 84.2 Å². The molecule has 2 aromatic carbocycles. The van der Waals surface area contributed by atoms with E-state index >= 15 is 0 Å². The number of carbonyl (C=O) groups excluding carboxylic acids is 1. The van der Waals surface area contributed by atoms with Gasteiger partial charge in [-0.2, -0.15) is 0 Å². The van der Waals surface area contributed by atoms with Crippen LogP contribution in [0.5, 0.6) is 11.5 Å². The molecule has 27 heavy (non-hydrogen) atoms. The second-order valence-electron chi connectivity index (χ2n) is 6.38. The molecule has 5 nitrogen and oxygen atoms in total. The van der Waals surface area contributed by atoms with E-state index in [1.165, 1.54) is 0 Å². The fraction of sp³-hybridized carbons (Fsp3) is 0.182. The molecule has 3 aromatic rings. The lowest BCUT2D eigenvalue weighted by Crippen LogP contribution is -2.23. The zero-order chi connectivity index (χ0) is 18.5. The summed E-state index contributed by atoms with van der Waals surface area (Å²) >= 11 is 0. The highest BCUT2D eigenvalue weighted by molar-refractivity contribution is 5.96. The highest BCUT2D eigenvalue weighted by Gasteiger charge is 2.22. The molecule has 2 heterocycles. The Balaban J connectivity index is 1.57. The van der Waals surface area contributed by atoms with Crippen molar-refractivity contribution in [3.8, 4) is 11.5 Å². The van der Waals surface area contributed by atoms with Gasteiger partial charge in [-0.1, -0.05) is 36.4 Å². The molecule has 1 N–H and O–H groups in total. The van der Waals surface area contributed by atoms with E-state index in [1.807, 2.05) is 54.6 Å². The number of fused-ring (bicyclic) bond motifs is 1. The van der Waals surface area contributed by atoms with Crippen LogP contribution in [0, 0.1) is 0 Å². The summed E-state index contributed by atoms with van der Waals surface area (Å²) in [6, 6.07) is 19.1. The Labute approximate surface area is 158 Å². The number of amides is 1. The SMILES string of the molecule is O=C(Nc1ccc2c(c1)OCCO2)C(Cc1cccnc1)c1ccccc1. The molecule has 0 saturated heterocycles. The van der Waals surface area contributed by atoms with Gasteiger partial charge >= 0.3 is 0 Å². The van der Waals surface area contributed by atoms with Gasteiger partial charge in [0.25, 0.3) is 0 Å². The minimum absolute atomic E-state index is 0.0678. The van der Waals surface area contributed by atoms with Gasteiger partial charge in [0.05, 0.1) is 5.92 Å². The van der Waals surface area contributed by atoms with E-state index in [0.717, 1.165) is 11.1 Å². The third-order valence-electron chi connectivity index (χ3n) is 4.49. The molecular weight excluding hydrogens is 340 g/mol. The highest BCUT2D eigenvalue weighted by atomic mass is 16.6. The molecule has 0 spiro atoms. The lowest BCUT2D eigenvalue weighted by Gasteiger charge is -2.20. The molecule has 0 bridgehead atoms. The molecular formula is C22H20N2O3. The standard InChI is InChI=1S/C22H20N2O3/c25-22(24-18-8-9-20-21(14-18)27-12-11-26-20)19(17-6-2-1-3-7-17)13-16-5-4-10-23-15-16/h1-10,14-15,19H,11-13H2,(H,24,25). The maximum Gasteiger partial charge on any atom is 0.232 e. The monoisotopic (exact) mass is 360 g/mol. The molecule has 1 amide bonds. The fourth-order valence-electron chi connectivity index (χ4n) is 3.15. The summed E-state index contributed by atoms with van der Waals surface area (Å²) in [6.07, 6.45) is 4.11. The van der Waals surface area contributed by atoms with Crippen LogP contribution in [0.2, 0.25) is 0 Å². The van der Waals surface area contributed by atoms with Crippen LogP contribution in [-0.2, 0) is 11.2 Å². The molecule has 1 atom stereocenters. The number of carbonyl (C=O) groups is 1. The zero-order valence-electron chi connectivity index (χ0n) is 14.8. The summed E-state index contributed by atoms with van der Waals surface area (Å²) in [5, 5.41) is 3.02. The van der Waals surface area contributed by atoms with Crippen LogP contribution in [0.4, 0.5) is 5.69 Å². The molecule has 1 unspecified atom stereocenters. The molecule has 136 valence electrons. The normalized spacial score (nSPS) is 13.6. The second kappa shape index (κ2) is 7.91. The van der Waals surface area contributed by atoms with Gasteiger partial charge in [0, 0.05) is 24.1 Å². The van der Waals surface area contributed by atoms with Crippen molar-refractivity contribution in [1.82, 2.24) is 4.98 Å². The number of anilines is 1. The highest BCUT2D eigenvalue weighted by Crippen LogP contribution is 2.33. The van der Waals surface area contributed by atoms with Gasteiger partial charge in [-0.05, 0) is 35.7 Å². The fourth-order valence-corrected chi connectivity index (χ4v) is 3.15. The number of rotatable bonds is 5. The summed E-state index contributed by atoms with van der Waals surface area (Å²) in [5.41, 5.74) is 2.68. The van der Waals surface area contributed by atoms with E-state index in [9.17, 15) is 4.79 Å². The molecule has 0 radical (unpaired) electrons. The Morgan fingerprint density at radius 2 is 1.81 bits per heavy atom. The summed E-state index contributed by atoms with van der Waals surface area (Å²) in [6.45, 7) is 1.05. The molecule has 0 saturated carbocycles. The first-order chi connectivity index (χ1) is 13.3. The van der Waals surface area contributed by atoms with Crippen molar-refractivity contribution in [2.45, 2.75) is 12.3 Å². The maximum absolute atomic E-state index is 13.1. The minimum atomic E-state index is -0.316. The Bertz CT molecular complexity index is 913. The third-order valence-corrected chi connectivity index (χ3v) is 4.49. The molecule has 0 fully saturated rings. The Kier molecular flexibility index (Phi) is 5.01. The number of hydrogen-bond acceptors (Lipinski definition) is 4. The van der Waals surface area contributed by atoms with Gasteiger partial charge in [-0.15, -0.1) is 0 Å². The van der Waals surface area contributed by atoms with Gasteiger partial charge in [0.15, 0.2) is 11.5 Å². The predicted molar refractivity (Wildman–Crippen MR) is 103 cm³/mol. The van der Waals surface area contributed by atoms with Gasteiger partial charge in [-0.25, -0.2) is 0 Å². The van der Waals surface area contributed by atoms with Crippen molar-refractivity contribution in [2.75, 3.05) is 18.5 Å². The van der Waals surface area contributed by atoms with Crippen LogP contribution in [0.3, 0.4) is 0 Å². The molecule has 4 rings (SSSR count). The van der Waals surface area contributed by atoms with Gasteiger partial charge < -0.3 is 14.8 Å². The lowest BCUT2D eigenvalue weighted by atomic mass is 9.91. The van der Waals surface area contributed by atoms with E-state index in [2.05, 4.69) is 10.3 Å². The lowest BCUT2D eigenvalue weighted by molar-refractivity contribution is -0.117. The maximum atomic E-state index is 13.1. The number of hydrogen-bond donors (Lipinski definition) is 1. The third kappa shape index (κ3) is 4.08. The molecule has 1 aliphatic rings. The first-order valence-electron chi connectivity index (χ1n) is 8.94. The first-order valence-corrected chi connectivity index (χ1v) is 8.94. The minimum Gasteiger partial charge on any atom is -0.486 e. The van der Waals surface area contributed by atoms with Crippen molar-refractivity contribution >= 4 is 11.6 Å². The van der Waals surface area contributed by atoms with Crippen LogP contribution in [0.1, 0.15) is 17.0 Å². The molecule has 5 heteroatoms. The Morgan fingerprint density at radius 3 is 2.59 bits per heavy atom. The van der Waals surface area contributed by atoms with Crippen molar-refractivity contribution in [1.29, 1.82) is 0 Å². The predicted octanol–water partition coefficient (Wildman–Crippen LogP) is 3.82. The Morgan fingerprint density at radius 1 is 1.00 bits per heavy atom. The van der Waals surface area contributed by atoms with Gasteiger partial charge in [0.1, 0.15) is 13.2 Å². The number of nitrogens with zero attached hydrogens (tertiary/aromatic N) is 1. The molecule has 0 aliphatic carbocycles. The van der Waals surface area contributed by atoms with E-state index in [-0.39, 0.29) is 11.8 Å². The quantitative estimate of drug-likeness (QED) is 0.751. The smallest absolute Gasteiger partial charge is 0.232 e. The average molecular weight is 360 g/mol. The zero-order valence-corrected chi connectivity index (χ0v) is 14.8. The number of aromatic nitrogens is 1. The van der Waals surface area contributed by atoms with E-state index < -0.39 is 0 Å². The topological polar surface area (TPSA) is 60.5 Å². The number of nitrogens with one attached hydrogen (secondary N) is 1. The van der Waals surface area contributed by atoms with E-state index in [4.69, 9.17) is 9.47 Å². The van der Waals surface area contributed by atoms with Crippen molar-refractivity contribution in [3.63, 3.8) is 0 Å². The van der Waals surface area contributed by atoms with Crippen LogP contribution >= 0.6 is 0 Å². The molecule has 1 aromatic heterocycles. The number of pyridine rings is 1. The van der Waals surface area contributed by atoms with E-state index in [1.54, 1.807) is 18.5 Å². The largest absolute Gasteiger partial charge is 0.486 e. The van der Waals surface area contributed by atoms with Crippen molar-refractivity contribution < 1.29 is 14.3 Å². The first kappa shape index (κ1) is 17.1. The van der Waals surface area contributed by atoms with E-state index in [0.29, 0.717) is 36.8 Å². The summed E-state index contributed by atoms with van der Waals surface area (Å²) < 4.78 is 11.1. The van der Waals surface area contributed by atoms with Gasteiger partial charge in [-0.3, -0.25) is 9.78 Å². The molecule has 1 aliphatic heterocycles. The summed E-state index contributed by atoms with van der Waals surface area (Å²) in [4.78, 5) is 17.2. The van der Waals surface area contributed by atoms with Crippen LogP contribution in [0.15, 0.2) is 73.1 Å². The summed E-state index contributed by atoms with van der Waals surface area (Å²) in [5.74, 6) is 0.974. The van der Waals surface area contributed by atoms with Crippen molar-refractivity contribution in [2.24, 2.45) is 0 Å². The average Bonchev–Trinajstić information content (AvgIpc) is 2.73.